The van der Waals surface area contributed by atoms with Crippen LogP contribution in [0.25, 0.3) is 11.2 Å². The number of thioether (sulfide) groups is 1. The number of carbonyl (C=O) groups is 1. The second-order valence-corrected chi connectivity index (χ2v) is 7.35. The minimum atomic E-state index is -0.633. The number of phenols is 1. The molecule has 1 aromatic carbocycles. The molecule has 0 spiro atoms. The summed E-state index contributed by atoms with van der Waals surface area (Å²) in [6.45, 7) is 2.00. The fourth-order valence-corrected chi connectivity index (χ4v) is 3.92. The summed E-state index contributed by atoms with van der Waals surface area (Å²) in [7, 11) is 1.25. The Kier molecular flexibility index (Phi) is 5.95. The predicted octanol–water partition coefficient (Wildman–Crippen LogP) is 2.74. The Morgan fingerprint density at radius 2 is 2.25 bits per heavy atom. The van der Waals surface area contributed by atoms with Crippen molar-refractivity contribution in [1.82, 2.24) is 19.9 Å². The Hall–Kier alpha value is -2.92. The molecule has 0 radical (unpaired) electrons. The van der Waals surface area contributed by atoms with Gasteiger partial charge in [-0.3, -0.25) is 0 Å². The molecular formula is C17H18N6O3S2. The van der Waals surface area contributed by atoms with Gasteiger partial charge in [-0.1, -0.05) is 30.9 Å². The maximum Gasteiger partial charge on any atom is 0.341 e. The number of phenolic OH excluding ortho intramolecular Hbond substituents is 1. The zero-order chi connectivity index (χ0) is 20.3. The summed E-state index contributed by atoms with van der Waals surface area (Å²) in [5.74, 6) is -0.661. The van der Waals surface area contributed by atoms with Crippen LogP contribution < -0.4 is 11.1 Å². The minimum absolute atomic E-state index is 0.0544. The monoisotopic (exact) mass is 418 g/mol. The minimum Gasteiger partial charge on any atom is -0.507 e. The van der Waals surface area contributed by atoms with E-state index in [9.17, 15) is 9.90 Å². The van der Waals surface area contributed by atoms with Gasteiger partial charge in [0.25, 0.3) is 0 Å². The number of imidazole rings is 1. The maximum absolute atomic E-state index is 11.8. The van der Waals surface area contributed by atoms with E-state index in [1.54, 1.807) is 6.07 Å². The quantitative estimate of drug-likeness (QED) is 0.155. The number of carbonyl (C=O) groups excluding carboxylic acids is 1. The molecule has 0 fully saturated rings. The van der Waals surface area contributed by atoms with Crippen LogP contribution in [0.15, 0.2) is 29.6 Å². The molecule has 0 amide bonds. The Bertz CT molecular complexity index is 1040. The van der Waals surface area contributed by atoms with Crippen molar-refractivity contribution in [2.75, 3.05) is 18.2 Å². The van der Waals surface area contributed by atoms with Crippen LogP contribution in [-0.2, 0) is 4.74 Å². The molecule has 0 aliphatic rings. The topological polar surface area (TPSA) is 139 Å². The van der Waals surface area contributed by atoms with Gasteiger partial charge >= 0.3 is 5.97 Å². The van der Waals surface area contributed by atoms with Crippen molar-refractivity contribution in [2.24, 2.45) is 0 Å². The number of esters is 1. The smallest absolute Gasteiger partial charge is 0.341 e. The standard InChI is InChI=1S/C17H18N6O3S2/c1-3-11(28-15-12-13(20-7-19-12)22-17(18)23-15)14(27)21-8-4-5-10(24)9(6-8)16(25)26-2/h4-7,11,24H,3H2,1-2H3,(H,21,27)(H3,18,19,20,22,23)/t11-/m1/s1. The number of fused-ring (bicyclic) bond motifs is 1. The van der Waals surface area contributed by atoms with Gasteiger partial charge < -0.3 is 25.9 Å². The summed E-state index contributed by atoms with van der Waals surface area (Å²) < 4.78 is 4.67. The lowest BCUT2D eigenvalue weighted by molar-refractivity contribution is 0.0597. The van der Waals surface area contributed by atoms with Crippen molar-refractivity contribution in [2.45, 2.75) is 23.6 Å². The van der Waals surface area contributed by atoms with Crippen LogP contribution in [0.4, 0.5) is 11.6 Å². The number of nitrogens with two attached hydrogens (primary N) is 1. The highest BCUT2D eigenvalue weighted by molar-refractivity contribution is 8.02. The summed E-state index contributed by atoms with van der Waals surface area (Å²) >= 11 is 6.99. The average Bonchev–Trinajstić information content (AvgIpc) is 3.15. The van der Waals surface area contributed by atoms with Gasteiger partial charge in [0.15, 0.2) is 5.65 Å². The number of ether oxygens (including phenoxy) is 1. The first-order valence-electron chi connectivity index (χ1n) is 8.28. The number of nitrogen functional groups attached to an aromatic ring is 1. The molecule has 0 saturated heterocycles. The Labute approximate surface area is 170 Å². The second kappa shape index (κ2) is 8.40. The van der Waals surface area contributed by atoms with E-state index in [1.165, 1.54) is 37.3 Å². The number of aromatic amines is 1. The molecule has 146 valence electrons. The Balaban J connectivity index is 1.80. The fraction of sp³-hybridized carbons (Fsp3) is 0.235. The van der Waals surface area contributed by atoms with Gasteiger partial charge in [-0.05, 0) is 24.6 Å². The molecule has 0 saturated carbocycles. The molecule has 0 unspecified atom stereocenters. The van der Waals surface area contributed by atoms with Gasteiger partial charge in [0.2, 0.25) is 5.95 Å². The number of thiocarbonyl (C=S) groups is 1. The number of rotatable bonds is 6. The number of nitrogens with zero attached hydrogens (tertiary/aromatic N) is 3. The first kappa shape index (κ1) is 19.8. The molecule has 3 aromatic rings. The SMILES string of the molecule is CC[C@@H](Sc1nc(N)nc2nc[nH]c12)C(=S)Nc1ccc(O)c(C(=O)OC)c1. The van der Waals surface area contributed by atoms with Crippen LogP contribution in [0.2, 0.25) is 0 Å². The molecule has 11 heteroatoms. The van der Waals surface area contributed by atoms with Crippen molar-refractivity contribution >= 4 is 57.7 Å². The van der Waals surface area contributed by atoms with Crippen LogP contribution in [0.1, 0.15) is 23.7 Å². The Morgan fingerprint density at radius 3 is 2.96 bits per heavy atom. The molecule has 5 N–H and O–H groups in total. The van der Waals surface area contributed by atoms with Crippen molar-refractivity contribution in [3.63, 3.8) is 0 Å². The number of hydrogen-bond acceptors (Lipinski definition) is 9. The number of H-pyrrole nitrogens is 1. The highest BCUT2D eigenvalue weighted by Crippen LogP contribution is 2.31. The zero-order valence-corrected chi connectivity index (χ0v) is 16.7. The molecule has 1 atom stereocenters. The van der Waals surface area contributed by atoms with Crippen LogP contribution in [0, 0.1) is 0 Å². The van der Waals surface area contributed by atoms with Gasteiger partial charge in [-0.25, -0.2) is 14.8 Å². The number of aromatic nitrogens is 4. The van der Waals surface area contributed by atoms with Gasteiger partial charge in [0.05, 0.1) is 23.7 Å². The summed E-state index contributed by atoms with van der Waals surface area (Å²) in [5, 5.41) is 13.5. The molecule has 2 aromatic heterocycles. The molecular weight excluding hydrogens is 400 g/mol. The molecule has 9 nitrogen and oxygen atoms in total. The lowest BCUT2D eigenvalue weighted by atomic mass is 10.1. The fourth-order valence-electron chi connectivity index (χ4n) is 2.47. The van der Waals surface area contributed by atoms with E-state index in [0.717, 1.165) is 6.42 Å². The summed E-state index contributed by atoms with van der Waals surface area (Å²) in [6, 6.07) is 4.52. The van der Waals surface area contributed by atoms with Crippen molar-refractivity contribution in [1.29, 1.82) is 0 Å². The molecule has 0 aliphatic carbocycles. The van der Waals surface area contributed by atoms with E-state index in [2.05, 4.69) is 30.0 Å². The van der Waals surface area contributed by atoms with Crippen molar-refractivity contribution in [3.05, 3.63) is 30.1 Å². The van der Waals surface area contributed by atoms with E-state index >= 15 is 0 Å². The van der Waals surface area contributed by atoms with Gasteiger partial charge in [-0.15, -0.1) is 0 Å². The lowest BCUT2D eigenvalue weighted by Crippen LogP contribution is -2.23. The van der Waals surface area contributed by atoms with E-state index in [0.29, 0.717) is 26.9 Å². The highest BCUT2D eigenvalue weighted by atomic mass is 32.2. The van der Waals surface area contributed by atoms with Gasteiger partial charge in [-0.2, -0.15) is 4.98 Å². The first-order chi connectivity index (χ1) is 13.4. The van der Waals surface area contributed by atoms with E-state index in [-0.39, 0.29) is 22.5 Å². The third-order valence-electron chi connectivity index (χ3n) is 3.86. The first-order valence-corrected chi connectivity index (χ1v) is 9.57. The largest absolute Gasteiger partial charge is 0.507 e. The highest BCUT2D eigenvalue weighted by Gasteiger charge is 2.20. The molecule has 3 rings (SSSR count). The molecule has 28 heavy (non-hydrogen) atoms. The molecule has 0 aliphatic heterocycles. The predicted molar refractivity (Wildman–Crippen MR) is 112 cm³/mol. The molecule has 2 heterocycles. The van der Waals surface area contributed by atoms with E-state index < -0.39 is 5.97 Å². The maximum atomic E-state index is 11.8. The number of benzene rings is 1. The number of methoxy groups -OCH3 is 1. The van der Waals surface area contributed by atoms with Crippen LogP contribution in [0.5, 0.6) is 5.75 Å². The van der Waals surface area contributed by atoms with E-state index in [1.807, 2.05) is 6.92 Å². The van der Waals surface area contributed by atoms with E-state index in [4.69, 9.17) is 18.0 Å². The van der Waals surface area contributed by atoms with Crippen LogP contribution in [0.3, 0.4) is 0 Å². The zero-order valence-electron chi connectivity index (χ0n) is 15.1. The average molecular weight is 419 g/mol. The van der Waals surface area contributed by atoms with Crippen molar-refractivity contribution in [3.8, 4) is 5.75 Å². The number of aromatic hydroxyl groups is 1. The van der Waals surface area contributed by atoms with Gasteiger partial charge in [0, 0.05) is 5.69 Å². The third kappa shape index (κ3) is 4.15. The van der Waals surface area contributed by atoms with Crippen LogP contribution in [-0.4, -0.2) is 48.4 Å². The van der Waals surface area contributed by atoms with Crippen molar-refractivity contribution < 1.29 is 14.6 Å². The second-order valence-electron chi connectivity index (χ2n) is 5.72. The van der Waals surface area contributed by atoms with Crippen LogP contribution >= 0.6 is 24.0 Å². The normalized spacial score (nSPS) is 11.9. The number of hydrogen-bond donors (Lipinski definition) is 4. The summed E-state index contributed by atoms with van der Waals surface area (Å²) in [4.78, 5) is 27.8. The van der Waals surface area contributed by atoms with Gasteiger partial charge in [0.1, 0.15) is 21.9 Å². The number of nitrogens with one attached hydrogen (secondary N) is 2. The lowest BCUT2D eigenvalue weighted by Gasteiger charge is -2.18. The third-order valence-corrected chi connectivity index (χ3v) is 5.76. The summed E-state index contributed by atoms with van der Waals surface area (Å²) in [5.41, 5.74) is 7.57. The molecule has 0 bridgehead atoms. The number of anilines is 2. The summed E-state index contributed by atoms with van der Waals surface area (Å²) in [6.07, 6.45) is 2.25. The Morgan fingerprint density at radius 1 is 1.46 bits per heavy atom.